The van der Waals surface area contributed by atoms with Crippen LogP contribution in [0, 0.1) is 0 Å². The van der Waals surface area contributed by atoms with E-state index in [0.29, 0.717) is 17.3 Å². The summed E-state index contributed by atoms with van der Waals surface area (Å²) in [6, 6.07) is 1.61. The van der Waals surface area contributed by atoms with Crippen LogP contribution in [0.4, 0.5) is 11.5 Å². The van der Waals surface area contributed by atoms with Crippen molar-refractivity contribution in [2.45, 2.75) is 0 Å². The lowest BCUT2D eigenvalue weighted by molar-refractivity contribution is -0.120. The van der Waals surface area contributed by atoms with Gasteiger partial charge < -0.3 is 15.4 Å². The molecule has 5 heteroatoms. The minimum Gasteiger partial charge on any atom is -0.481 e. The van der Waals surface area contributed by atoms with Gasteiger partial charge in [0.25, 0.3) is 5.91 Å². The zero-order valence-electron chi connectivity index (χ0n) is 7.15. The van der Waals surface area contributed by atoms with E-state index in [0.717, 1.165) is 0 Å². The van der Waals surface area contributed by atoms with Gasteiger partial charge in [-0.05, 0) is 0 Å². The maximum atomic E-state index is 11.2. The second-order valence-corrected chi connectivity index (χ2v) is 2.82. The minimum atomic E-state index is -0.0842. The van der Waals surface area contributed by atoms with Gasteiger partial charge in [-0.1, -0.05) is 0 Å². The van der Waals surface area contributed by atoms with Crippen molar-refractivity contribution in [2.75, 3.05) is 24.3 Å². The molecule has 0 aliphatic carbocycles. The number of pyridine rings is 1. The fourth-order valence-electron chi connectivity index (χ4n) is 1.18. The number of nitrogens with two attached hydrogens (primary N) is 1. The van der Waals surface area contributed by atoms with Crippen LogP contribution in [0.3, 0.4) is 0 Å². The molecule has 2 heterocycles. The quantitative estimate of drug-likeness (QED) is 0.609. The molecule has 1 aromatic heterocycles. The summed E-state index contributed by atoms with van der Waals surface area (Å²) >= 11 is 0. The number of amides is 1. The van der Waals surface area contributed by atoms with Crippen LogP contribution >= 0.6 is 0 Å². The first-order valence-electron chi connectivity index (χ1n) is 3.83. The predicted molar refractivity (Wildman–Crippen MR) is 47.6 cm³/mol. The SMILES string of the molecule is CN1C(=O)COc2cc(N)ncc21. The van der Waals surface area contributed by atoms with Crippen LogP contribution in [0.15, 0.2) is 12.3 Å². The summed E-state index contributed by atoms with van der Waals surface area (Å²) in [5.41, 5.74) is 6.13. The number of hydrogen-bond acceptors (Lipinski definition) is 4. The van der Waals surface area contributed by atoms with E-state index in [2.05, 4.69) is 4.98 Å². The Balaban J connectivity index is 2.49. The summed E-state index contributed by atoms with van der Waals surface area (Å²) in [4.78, 5) is 16.6. The van der Waals surface area contributed by atoms with Crippen molar-refractivity contribution >= 4 is 17.4 Å². The summed E-state index contributed by atoms with van der Waals surface area (Å²) in [7, 11) is 1.68. The van der Waals surface area contributed by atoms with Gasteiger partial charge in [-0.15, -0.1) is 0 Å². The van der Waals surface area contributed by atoms with Crippen LogP contribution in [0.25, 0.3) is 0 Å². The maximum Gasteiger partial charge on any atom is 0.264 e. The largest absolute Gasteiger partial charge is 0.481 e. The Kier molecular flexibility index (Phi) is 1.58. The molecule has 0 atom stereocenters. The molecule has 13 heavy (non-hydrogen) atoms. The van der Waals surface area contributed by atoms with E-state index < -0.39 is 0 Å². The van der Waals surface area contributed by atoms with Crippen LogP contribution in [0.5, 0.6) is 5.75 Å². The number of likely N-dealkylation sites (N-methyl/N-ethyl adjacent to an activating group) is 1. The van der Waals surface area contributed by atoms with Crippen molar-refractivity contribution in [1.29, 1.82) is 0 Å². The fraction of sp³-hybridized carbons (Fsp3) is 0.250. The summed E-state index contributed by atoms with van der Waals surface area (Å²) in [6.07, 6.45) is 1.53. The van der Waals surface area contributed by atoms with Crippen molar-refractivity contribution in [1.82, 2.24) is 4.98 Å². The maximum absolute atomic E-state index is 11.2. The average molecular weight is 179 g/mol. The van der Waals surface area contributed by atoms with Gasteiger partial charge in [0.05, 0.1) is 6.20 Å². The Bertz CT molecular complexity index is 364. The molecule has 0 unspecified atom stereocenters. The van der Waals surface area contributed by atoms with Crippen LogP contribution in [0.1, 0.15) is 0 Å². The normalized spacial score (nSPS) is 15.2. The highest BCUT2D eigenvalue weighted by Crippen LogP contribution is 2.30. The molecule has 5 nitrogen and oxygen atoms in total. The van der Waals surface area contributed by atoms with E-state index in [1.165, 1.54) is 11.1 Å². The lowest BCUT2D eigenvalue weighted by atomic mass is 10.3. The third-order valence-electron chi connectivity index (χ3n) is 1.95. The van der Waals surface area contributed by atoms with Gasteiger partial charge >= 0.3 is 0 Å². The number of hydrogen-bond donors (Lipinski definition) is 1. The molecule has 0 fully saturated rings. The van der Waals surface area contributed by atoms with Gasteiger partial charge in [0.2, 0.25) is 0 Å². The Morgan fingerprint density at radius 3 is 3.23 bits per heavy atom. The molecule has 2 rings (SSSR count). The molecule has 0 saturated carbocycles. The Morgan fingerprint density at radius 1 is 1.69 bits per heavy atom. The van der Waals surface area contributed by atoms with Crippen molar-refractivity contribution in [3.63, 3.8) is 0 Å². The first-order valence-corrected chi connectivity index (χ1v) is 3.83. The van der Waals surface area contributed by atoms with E-state index in [4.69, 9.17) is 10.5 Å². The molecule has 1 aromatic rings. The lowest BCUT2D eigenvalue weighted by Crippen LogP contribution is -2.35. The molecular weight excluding hydrogens is 170 g/mol. The molecule has 1 amide bonds. The topological polar surface area (TPSA) is 68.5 Å². The van der Waals surface area contributed by atoms with Gasteiger partial charge in [-0.2, -0.15) is 0 Å². The molecule has 1 aliphatic heterocycles. The highest BCUT2D eigenvalue weighted by atomic mass is 16.5. The molecule has 0 saturated heterocycles. The van der Waals surface area contributed by atoms with Crippen LogP contribution < -0.4 is 15.4 Å². The first kappa shape index (κ1) is 7.85. The molecule has 2 N–H and O–H groups in total. The van der Waals surface area contributed by atoms with Crippen molar-refractivity contribution < 1.29 is 9.53 Å². The summed E-state index contributed by atoms with van der Waals surface area (Å²) in [5.74, 6) is 0.912. The number of rotatable bonds is 0. The first-order chi connectivity index (χ1) is 6.18. The van der Waals surface area contributed by atoms with Gasteiger partial charge in [-0.25, -0.2) is 4.98 Å². The number of ether oxygens (including phenoxy) is 1. The summed E-state index contributed by atoms with van der Waals surface area (Å²) in [6.45, 7) is 0.0625. The molecular formula is C8H9N3O2. The van der Waals surface area contributed by atoms with Crippen LogP contribution in [0.2, 0.25) is 0 Å². The third kappa shape index (κ3) is 1.18. The lowest BCUT2D eigenvalue weighted by Gasteiger charge is -2.25. The second-order valence-electron chi connectivity index (χ2n) is 2.82. The number of carbonyl (C=O) groups excluding carboxylic acids is 1. The van der Waals surface area contributed by atoms with Gasteiger partial charge in [0.1, 0.15) is 17.3 Å². The third-order valence-corrected chi connectivity index (χ3v) is 1.95. The van der Waals surface area contributed by atoms with Crippen LogP contribution in [-0.2, 0) is 4.79 Å². The minimum absolute atomic E-state index is 0.0625. The van der Waals surface area contributed by atoms with Crippen molar-refractivity contribution in [3.8, 4) is 5.75 Å². The van der Waals surface area contributed by atoms with Crippen molar-refractivity contribution in [3.05, 3.63) is 12.3 Å². The Labute approximate surface area is 75.1 Å². The van der Waals surface area contributed by atoms with E-state index >= 15 is 0 Å². The van der Waals surface area contributed by atoms with Crippen molar-refractivity contribution in [2.24, 2.45) is 0 Å². The van der Waals surface area contributed by atoms with Gasteiger partial charge in [0.15, 0.2) is 6.61 Å². The number of aromatic nitrogens is 1. The smallest absolute Gasteiger partial charge is 0.264 e. The summed E-state index contributed by atoms with van der Waals surface area (Å²) in [5, 5.41) is 0. The molecule has 0 aromatic carbocycles. The monoisotopic (exact) mass is 179 g/mol. The van der Waals surface area contributed by atoms with Gasteiger partial charge in [0, 0.05) is 13.1 Å². The number of carbonyl (C=O) groups is 1. The Morgan fingerprint density at radius 2 is 2.46 bits per heavy atom. The number of nitrogen functional groups attached to an aromatic ring is 1. The number of fused-ring (bicyclic) bond motifs is 1. The second kappa shape index (κ2) is 2.62. The average Bonchev–Trinajstić information content (AvgIpc) is 2.12. The molecule has 1 aliphatic rings. The standard InChI is InChI=1S/C8H9N3O2/c1-11-5-3-10-7(9)2-6(5)13-4-8(11)12/h2-3H,4H2,1H3,(H2,9,10). The molecule has 68 valence electrons. The fourth-order valence-corrected chi connectivity index (χ4v) is 1.18. The molecule has 0 spiro atoms. The number of anilines is 2. The van der Waals surface area contributed by atoms with Gasteiger partial charge in [-0.3, -0.25) is 4.79 Å². The zero-order chi connectivity index (χ0) is 9.42. The van der Waals surface area contributed by atoms with E-state index in [1.54, 1.807) is 13.1 Å². The molecule has 0 bridgehead atoms. The molecule has 0 radical (unpaired) electrons. The number of nitrogens with zero attached hydrogens (tertiary/aromatic N) is 2. The highest BCUT2D eigenvalue weighted by molar-refractivity contribution is 5.97. The van der Waals surface area contributed by atoms with E-state index in [-0.39, 0.29) is 12.5 Å². The Hall–Kier alpha value is -1.78. The zero-order valence-corrected chi connectivity index (χ0v) is 7.15. The van der Waals surface area contributed by atoms with E-state index in [9.17, 15) is 4.79 Å². The predicted octanol–water partition coefficient (Wildman–Crippen LogP) is 0.0190. The van der Waals surface area contributed by atoms with Crippen LogP contribution in [-0.4, -0.2) is 24.5 Å². The summed E-state index contributed by atoms with van der Waals surface area (Å²) < 4.78 is 5.18. The highest BCUT2D eigenvalue weighted by Gasteiger charge is 2.22. The van der Waals surface area contributed by atoms with E-state index in [1.807, 2.05) is 0 Å².